The summed E-state index contributed by atoms with van der Waals surface area (Å²) in [6, 6.07) is 57.5. The van der Waals surface area contributed by atoms with Crippen molar-refractivity contribution >= 4 is 0 Å². The summed E-state index contributed by atoms with van der Waals surface area (Å²) in [6.07, 6.45) is 0. The summed E-state index contributed by atoms with van der Waals surface area (Å²) in [5, 5.41) is 0. The minimum Gasteiger partial charge on any atom is -0.253 e. The van der Waals surface area contributed by atoms with E-state index in [0.717, 1.165) is 55.9 Å². The van der Waals surface area contributed by atoms with Gasteiger partial charge in [0.15, 0.2) is 17.5 Å². The van der Waals surface area contributed by atoms with Gasteiger partial charge in [-0.2, -0.15) is 0 Å². The van der Waals surface area contributed by atoms with Crippen LogP contribution in [0, 0.1) is 6.92 Å². The maximum absolute atomic E-state index is 5.12. The van der Waals surface area contributed by atoms with Gasteiger partial charge in [0.25, 0.3) is 0 Å². The molecule has 0 saturated heterocycles. The van der Waals surface area contributed by atoms with Crippen molar-refractivity contribution in [2.24, 2.45) is 0 Å². The molecule has 9 rings (SSSR count). The molecule has 4 nitrogen and oxygen atoms in total. The van der Waals surface area contributed by atoms with Gasteiger partial charge in [-0.05, 0) is 93.9 Å². The molecule has 2 heterocycles. The van der Waals surface area contributed by atoms with Gasteiger partial charge >= 0.3 is 0 Å². The average molecular weight is 669 g/mol. The summed E-state index contributed by atoms with van der Waals surface area (Å²) < 4.78 is 0. The molecule has 0 spiro atoms. The number of hydrogen-bond acceptors (Lipinski definition) is 4. The first-order valence-electron chi connectivity index (χ1n) is 17.7. The van der Waals surface area contributed by atoms with Gasteiger partial charge < -0.3 is 0 Å². The molecule has 0 aliphatic heterocycles. The van der Waals surface area contributed by atoms with Crippen molar-refractivity contribution in [1.29, 1.82) is 0 Å². The number of pyridine rings is 1. The lowest BCUT2D eigenvalue weighted by molar-refractivity contribution is 0.660. The first-order valence-corrected chi connectivity index (χ1v) is 17.7. The topological polar surface area (TPSA) is 51.6 Å². The molecule has 0 amide bonds. The van der Waals surface area contributed by atoms with Crippen molar-refractivity contribution in [2.75, 3.05) is 0 Å². The van der Waals surface area contributed by atoms with E-state index in [1.165, 1.54) is 22.3 Å². The number of hydrogen-bond donors (Lipinski definition) is 0. The van der Waals surface area contributed by atoms with Crippen LogP contribution in [0.15, 0.2) is 164 Å². The Labute approximate surface area is 304 Å². The highest BCUT2D eigenvalue weighted by Gasteiger charge is 2.35. The summed E-state index contributed by atoms with van der Waals surface area (Å²) in [5.74, 6) is 1.90. The van der Waals surface area contributed by atoms with Gasteiger partial charge in [-0.1, -0.05) is 135 Å². The van der Waals surface area contributed by atoms with Crippen LogP contribution in [-0.2, 0) is 5.41 Å². The fourth-order valence-corrected chi connectivity index (χ4v) is 7.49. The van der Waals surface area contributed by atoms with Gasteiger partial charge in [0.1, 0.15) is 0 Å². The third-order valence-electron chi connectivity index (χ3n) is 10.2. The predicted octanol–water partition coefficient (Wildman–Crippen LogP) is 11.9. The quantitative estimate of drug-likeness (QED) is 0.177. The molecule has 6 aromatic carbocycles. The van der Waals surface area contributed by atoms with Crippen molar-refractivity contribution < 1.29 is 0 Å². The van der Waals surface area contributed by atoms with Crippen molar-refractivity contribution in [2.45, 2.75) is 26.2 Å². The van der Waals surface area contributed by atoms with Crippen LogP contribution in [0.4, 0.5) is 0 Å². The molecule has 0 radical (unpaired) electrons. The molecule has 0 bridgehead atoms. The van der Waals surface area contributed by atoms with Crippen LogP contribution >= 0.6 is 0 Å². The van der Waals surface area contributed by atoms with E-state index in [1.807, 2.05) is 73.7 Å². The Morgan fingerprint density at radius 3 is 1.52 bits per heavy atom. The number of nitrogens with zero attached hydrogens (tertiary/aromatic N) is 4. The zero-order valence-electron chi connectivity index (χ0n) is 29.4. The smallest absolute Gasteiger partial charge is 0.164 e. The average Bonchev–Trinajstić information content (AvgIpc) is 3.43. The highest BCUT2D eigenvalue weighted by Crippen LogP contribution is 2.49. The Morgan fingerprint density at radius 2 is 0.846 bits per heavy atom. The summed E-state index contributed by atoms with van der Waals surface area (Å²) in [4.78, 5) is 20.0. The monoisotopic (exact) mass is 668 g/mol. The Bertz CT molecular complexity index is 2550. The van der Waals surface area contributed by atoms with E-state index in [-0.39, 0.29) is 5.41 Å². The minimum atomic E-state index is -0.0612. The lowest BCUT2D eigenvalue weighted by Gasteiger charge is -2.21. The molecule has 0 saturated carbocycles. The summed E-state index contributed by atoms with van der Waals surface area (Å²) in [7, 11) is 0. The van der Waals surface area contributed by atoms with E-state index in [0.29, 0.717) is 17.5 Å². The van der Waals surface area contributed by atoms with E-state index in [2.05, 4.69) is 111 Å². The molecular formula is C48H36N4. The van der Waals surface area contributed by atoms with Gasteiger partial charge in [0, 0.05) is 33.4 Å². The second-order valence-electron chi connectivity index (χ2n) is 14.0. The third-order valence-corrected chi connectivity index (χ3v) is 10.2. The number of aryl methyl sites for hydroxylation is 1. The number of rotatable bonds is 6. The minimum absolute atomic E-state index is 0.0612. The third kappa shape index (κ3) is 5.69. The first kappa shape index (κ1) is 31.5. The molecule has 248 valence electrons. The first-order chi connectivity index (χ1) is 25.4. The van der Waals surface area contributed by atoms with Crippen LogP contribution in [0.2, 0.25) is 0 Å². The zero-order valence-corrected chi connectivity index (χ0v) is 29.4. The largest absolute Gasteiger partial charge is 0.253 e. The molecule has 52 heavy (non-hydrogen) atoms. The van der Waals surface area contributed by atoms with Crippen LogP contribution in [0.5, 0.6) is 0 Å². The zero-order chi connectivity index (χ0) is 35.2. The Morgan fingerprint density at radius 1 is 0.346 bits per heavy atom. The maximum Gasteiger partial charge on any atom is 0.164 e. The van der Waals surface area contributed by atoms with Crippen molar-refractivity contribution in [3.8, 4) is 78.8 Å². The Hall–Kier alpha value is -6.52. The van der Waals surface area contributed by atoms with Crippen molar-refractivity contribution in [3.05, 3.63) is 181 Å². The SMILES string of the molecule is Cc1cccc(-c2cccc(-c3cc(-c4ccc5c(c4)-c4ccccc4C5(C)C)cc(-c4nc(-c5ccccc5)nc(-c5ccccc5)n4)c3)c2)n1. The fraction of sp³-hybridized carbons (Fsp3) is 0.0833. The van der Waals surface area contributed by atoms with E-state index < -0.39 is 0 Å². The summed E-state index contributed by atoms with van der Waals surface area (Å²) in [6.45, 7) is 6.67. The lowest BCUT2D eigenvalue weighted by Crippen LogP contribution is -2.14. The molecule has 2 aromatic heterocycles. The number of benzene rings is 6. The molecule has 1 aliphatic carbocycles. The normalized spacial score (nSPS) is 12.7. The van der Waals surface area contributed by atoms with Gasteiger partial charge in [-0.25, -0.2) is 15.0 Å². The van der Waals surface area contributed by atoms with Crippen molar-refractivity contribution in [3.63, 3.8) is 0 Å². The summed E-state index contributed by atoms with van der Waals surface area (Å²) >= 11 is 0. The Kier molecular flexibility index (Phi) is 7.66. The lowest BCUT2D eigenvalue weighted by atomic mass is 9.82. The van der Waals surface area contributed by atoms with Crippen LogP contribution in [0.1, 0.15) is 30.7 Å². The molecule has 4 heteroatoms. The second-order valence-corrected chi connectivity index (χ2v) is 14.0. The van der Waals surface area contributed by atoms with Crippen LogP contribution < -0.4 is 0 Å². The molecule has 0 N–H and O–H groups in total. The molecular weight excluding hydrogens is 633 g/mol. The van der Waals surface area contributed by atoms with Gasteiger partial charge in [0.05, 0.1) is 5.69 Å². The fourth-order valence-electron chi connectivity index (χ4n) is 7.49. The van der Waals surface area contributed by atoms with E-state index in [9.17, 15) is 0 Å². The molecule has 0 unspecified atom stereocenters. The van der Waals surface area contributed by atoms with Crippen LogP contribution in [0.25, 0.3) is 78.8 Å². The van der Waals surface area contributed by atoms with Crippen molar-refractivity contribution in [1.82, 2.24) is 19.9 Å². The van der Waals surface area contributed by atoms with E-state index in [1.54, 1.807) is 0 Å². The van der Waals surface area contributed by atoms with Crippen LogP contribution in [0.3, 0.4) is 0 Å². The molecule has 8 aromatic rings. The maximum atomic E-state index is 5.12. The standard InChI is InChI=1S/C48H36N4/c1-31-14-12-23-44(49-31)36-20-13-19-34(26-36)37-27-38(35-24-25-43-41(30-35)40-21-10-11-22-42(40)48(43,2)3)29-39(28-37)47-51-45(32-15-6-4-7-16-32)50-46(52-47)33-17-8-5-9-18-33/h4-30H,1-3H3. The van der Waals surface area contributed by atoms with Gasteiger partial charge in [-0.15, -0.1) is 0 Å². The van der Waals surface area contributed by atoms with Crippen LogP contribution in [-0.4, -0.2) is 19.9 Å². The predicted molar refractivity (Wildman–Crippen MR) is 213 cm³/mol. The highest BCUT2D eigenvalue weighted by molar-refractivity contribution is 5.87. The number of aromatic nitrogens is 4. The van der Waals surface area contributed by atoms with E-state index >= 15 is 0 Å². The van der Waals surface area contributed by atoms with Gasteiger partial charge in [-0.3, -0.25) is 4.98 Å². The number of fused-ring (bicyclic) bond motifs is 3. The highest BCUT2D eigenvalue weighted by atomic mass is 15.0. The van der Waals surface area contributed by atoms with Gasteiger partial charge in [0.2, 0.25) is 0 Å². The molecule has 0 fully saturated rings. The Balaban J connectivity index is 1.26. The molecule has 1 aliphatic rings. The summed E-state index contributed by atoms with van der Waals surface area (Å²) in [5.41, 5.74) is 15.5. The van der Waals surface area contributed by atoms with E-state index in [4.69, 9.17) is 19.9 Å². The second kappa shape index (κ2) is 12.7. The molecule has 0 atom stereocenters.